The molecular weight excluding hydrogens is 323 g/mol. The molecule has 5 heteroatoms. The average Bonchev–Trinajstić information content (AvgIpc) is 2.63. The normalized spacial score (nSPS) is 11.3. The van der Waals surface area contributed by atoms with E-state index < -0.39 is 11.4 Å². The Morgan fingerprint density at radius 1 is 0.960 bits per heavy atom. The van der Waals surface area contributed by atoms with E-state index in [1.165, 1.54) is 7.11 Å². The van der Waals surface area contributed by atoms with E-state index in [-0.39, 0.29) is 48.0 Å². The van der Waals surface area contributed by atoms with Crippen LogP contribution in [0.4, 0.5) is 0 Å². The number of hydrogen-bond acceptors (Lipinski definition) is 4. The van der Waals surface area contributed by atoms with Crippen LogP contribution in [0.3, 0.4) is 0 Å². The summed E-state index contributed by atoms with van der Waals surface area (Å²) in [6, 6.07) is 22.9. The molecule has 0 aliphatic rings. The van der Waals surface area contributed by atoms with Crippen LogP contribution in [0.15, 0.2) is 72.2 Å². The number of rotatable bonds is 6. The molecule has 4 nitrogen and oxygen atoms in total. The van der Waals surface area contributed by atoms with Gasteiger partial charge < -0.3 is 9.84 Å². The van der Waals surface area contributed by atoms with Crippen molar-refractivity contribution in [2.45, 2.75) is 12.8 Å². The van der Waals surface area contributed by atoms with Crippen molar-refractivity contribution in [1.82, 2.24) is 0 Å². The summed E-state index contributed by atoms with van der Waals surface area (Å²) in [6.45, 7) is 0. The van der Waals surface area contributed by atoms with Crippen molar-refractivity contribution in [2.75, 3.05) is 7.11 Å². The van der Waals surface area contributed by atoms with Crippen molar-refractivity contribution in [3.63, 3.8) is 0 Å². The second-order valence-electron chi connectivity index (χ2n) is 5.50. The number of nitriles is 2. The fourth-order valence-corrected chi connectivity index (χ4v) is 2.71. The molecule has 25 heavy (non-hydrogen) atoms. The third-order valence-electron chi connectivity index (χ3n) is 3.89. The van der Waals surface area contributed by atoms with Crippen LogP contribution in [-0.2, 0) is 17.6 Å². The van der Waals surface area contributed by atoms with E-state index in [1.54, 1.807) is 0 Å². The van der Waals surface area contributed by atoms with E-state index in [2.05, 4.69) is 6.07 Å². The summed E-state index contributed by atoms with van der Waals surface area (Å²) in [6.07, 6.45) is 0.522. The Labute approximate surface area is 170 Å². The van der Waals surface area contributed by atoms with Gasteiger partial charge in [0.05, 0.1) is 23.7 Å². The minimum absolute atomic E-state index is 0. The number of allylic oxidation sites excluding steroid dienone is 1. The quantitative estimate of drug-likeness (QED) is 0.412. The molecule has 0 heterocycles. The molecule has 0 spiro atoms. The van der Waals surface area contributed by atoms with Gasteiger partial charge in [0.15, 0.2) is 0 Å². The third-order valence-corrected chi connectivity index (χ3v) is 3.89. The van der Waals surface area contributed by atoms with Crippen LogP contribution in [0, 0.1) is 28.1 Å². The zero-order valence-electron chi connectivity index (χ0n) is 14.4. The van der Waals surface area contributed by atoms with Gasteiger partial charge in [-0.2, -0.15) is 10.5 Å². The molecule has 0 aromatic heterocycles. The predicted octanol–water partition coefficient (Wildman–Crippen LogP) is -0.272. The Balaban J connectivity index is 0.00000312. The van der Waals surface area contributed by atoms with E-state index in [0.717, 1.165) is 11.1 Å². The van der Waals surface area contributed by atoms with E-state index in [0.29, 0.717) is 0 Å². The van der Waals surface area contributed by atoms with Gasteiger partial charge in [0.1, 0.15) is 5.41 Å². The van der Waals surface area contributed by atoms with Gasteiger partial charge in [-0.1, -0.05) is 60.7 Å². The first kappa shape index (κ1) is 20.8. The molecule has 0 amide bonds. The fraction of sp³-hybridized carbons (Fsp3) is 0.200. The second kappa shape index (κ2) is 9.91. The molecule has 2 aromatic rings. The minimum Gasteiger partial charge on any atom is -0.616 e. The van der Waals surface area contributed by atoms with Gasteiger partial charge in [-0.05, 0) is 31.1 Å². The Bertz CT molecular complexity index is 748. The topological polar surface area (TPSA) is 79.9 Å². The van der Waals surface area contributed by atoms with E-state index in [1.807, 2.05) is 66.7 Å². The number of nitrogens with zero attached hydrogens (tertiary/aromatic N) is 2. The van der Waals surface area contributed by atoms with Gasteiger partial charge in [-0.25, -0.2) is 0 Å². The Morgan fingerprint density at radius 2 is 1.40 bits per heavy atom. The molecule has 120 valence electrons. The maximum absolute atomic E-state index is 12.1. The fourth-order valence-electron chi connectivity index (χ4n) is 2.71. The molecule has 0 N–H and O–H groups in total. The molecule has 0 saturated heterocycles. The number of ether oxygens (including phenoxy) is 1. The molecule has 2 aromatic carbocycles. The summed E-state index contributed by atoms with van der Waals surface area (Å²) in [4.78, 5) is 0. The maximum atomic E-state index is 12.1. The zero-order chi connectivity index (χ0) is 17.4. The summed E-state index contributed by atoms with van der Waals surface area (Å²) >= 11 is 0. The van der Waals surface area contributed by atoms with E-state index in [9.17, 15) is 15.6 Å². The van der Waals surface area contributed by atoms with Crippen LogP contribution in [0.2, 0.25) is 0 Å². The summed E-state index contributed by atoms with van der Waals surface area (Å²) in [5.41, 5.74) is 0.323. The standard InChI is InChI=1S/C20H18N2O2.Na/c1-24-19(23)18(14-21)20(15-22,12-16-8-4-2-5-9-16)13-17-10-6-3-7-11-17;/h2-11,23H,12-13H2,1H3;/q;+1/p-1/b19-18+;. The Hall–Kier alpha value is -2.24. The first-order valence-electron chi connectivity index (χ1n) is 7.50. The Kier molecular flexibility index (Phi) is 8.25. The van der Waals surface area contributed by atoms with E-state index in [4.69, 9.17) is 4.74 Å². The molecule has 0 saturated carbocycles. The first-order chi connectivity index (χ1) is 11.6. The number of methoxy groups -OCH3 is 1. The van der Waals surface area contributed by atoms with Crippen molar-refractivity contribution >= 4 is 0 Å². The zero-order valence-corrected chi connectivity index (χ0v) is 16.4. The van der Waals surface area contributed by atoms with Crippen molar-refractivity contribution in [2.24, 2.45) is 5.41 Å². The smallest absolute Gasteiger partial charge is 0.616 e. The Morgan fingerprint density at radius 3 is 1.72 bits per heavy atom. The SMILES string of the molecule is CO/C([O-])=C(\C#N)C(C#N)(Cc1ccccc1)Cc1ccccc1.[Na+]. The summed E-state index contributed by atoms with van der Waals surface area (Å²) < 4.78 is 4.74. The van der Waals surface area contributed by atoms with Gasteiger partial charge in [-0.15, -0.1) is 0 Å². The van der Waals surface area contributed by atoms with Gasteiger partial charge in [0, 0.05) is 0 Å². The molecule has 0 radical (unpaired) electrons. The van der Waals surface area contributed by atoms with Crippen molar-refractivity contribution in [1.29, 1.82) is 10.5 Å². The predicted molar refractivity (Wildman–Crippen MR) is 88.0 cm³/mol. The van der Waals surface area contributed by atoms with Crippen molar-refractivity contribution in [3.8, 4) is 12.1 Å². The second-order valence-corrected chi connectivity index (χ2v) is 5.50. The third kappa shape index (κ3) is 5.11. The van der Waals surface area contributed by atoms with Crippen LogP contribution >= 0.6 is 0 Å². The average molecular weight is 340 g/mol. The summed E-state index contributed by atoms with van der Waals surface area (Å²) in [5, 5.41) is 31.5. The number of benzene rings is 2. The van der Waals surface area contributed by atoms with Crippen LogP contribution < -0.4 is 34.7 Å². The monoisotopic (exact) mass is 340 g/mol. The maximum Gasteiger partial charge on any atom is 1.00 e. The molecule has 0 unspecified atom stereocenters. The molecule has 0 aliphatic heterocycles. The molecule has 0 aliphatic carbocycles. The largest absolute Gasteiger partial charge is 1.00 e. The molecular formula is C20H17N2NaO2. The molecule has 2 rings (SSSR count). The van der Waals surface area contributed by atoms with Gasteiger partial charge in [0.25, 0.3) is 0 Å². The van der Waals surface area contributed by atoms with Crippen molar-refractivity contribution in [3.05, 3.63) is 83.3 Å². The van der Waals surface area contributed by atoms with Gasteiger partial charge >= 0.3 is 29.6 Å². The van der Waals surface area contributed by atoms with Crippen LogP contribution in [0.5, 0.6) is 0 Å². The summed E-state index contributed by atoms with van der Waals surface area (Å²) in [7, 11) is 1.22. The van der Waals surface area contributed by atoms with Gasteiger partial charge in [0.2, 0.25) is 0 Å². The minimum atomic E-state index is -1.27. The summed E-state index contributed by atoms with van der Waals surface area (Å²) in [5.74, 6) is -0.758. The molecule has 0 bridgehead atoms. The molecule has 0 atom stereocenters. The van der Waals surface area contributed by atoms with Crippen LogP contribution in [0.1, 0.15) is 11.1 Å². The van der Waals surface area contributed by atoms with Crippen molar-refractivity contribution < 1.29 is 39.4 Å². The molecule has 0 fully saturated rings. The van der Waals surface area contributed by atoms with Gasteiger partial charge in [-0.3, -0.25) is 0 Å². The number of hydrogen-bond donors (Lipinski definition) is 0. The van der Waals surface area contributed by atoms with E-state index >= 15 is 0 Å². The van der Waals surface area contributed by atoms with Crippen LogP contribution in [0.25, 0.3) is 0 Å². The first-order valence-corrected chi connectivity index (χ1v) is 7.50. The van der Waals surface area contributed by atoms with Crippen LogP contribution in [-0.4, -0.2) is 7.11 Å².